The number of para-hydroxylation sites is 1. The summed E-state index contributed by atoms with van der Waals surface area (Å²) in [6.45, 7) is 1.80. The molecule has 1 aromatic carbocycles. The molecule has 0 aliphatic rings. The average Bonchev–Trinajstić information content (AvgIpc) is 3.04. The Bertz CT molecular complexity index is 940. The van der Waals surface area contributed by atoms with Gasteiger partial charge in [-0.3, -0.25) is 4.79 Å². The van der Waals surface area contributed by atoms with E-state index in [0.717, 1.165) is 4.88 Å². The molecule has 0 radical (unpaired) electrons. The average molecular weight is 386 g/mol. The van der Waals surface area contributed by atoms with Crippen LogP contribution in [-0.4, -0.2) is 33.2 Å². The smallest absolute Gasteiger partial charge is 0.340 e. The van der Waals surface area contributed by atoms with E-state index in [1.54, 1.807) is 31.2 Å². The predicted octanol–water partition coefficient (Wildman–Crippen LogP) is 3.41. The fraction of sp³-hybridized carbons (Fsp3) is 0.211. The molecular formula is C19H18N2O5S. The van der Waals surface area contributed by atoms with E-state index < -0.39 is 11.9 Å². The third-order valence-electron chi connectivity index (χ3n) is 3.59. The van der Waals surface area contributed by atoms with Crippen molar-refractivity contribution in [1.82, 2.24) is 0 Å². The number of benzene rings is 1. The van der Waals surface area contributed by atoms with E-state index in [-0.39, 0.29) is 11.1 Å². The molecule has 0 bridgehead atoms. The topological polar surface area (TPSA) is 97.7 Å². The predicted molar refractivity (Wildman–Crippen MR) is 102 cm³/mol. The molecule has 7 nitrogen and oxygen atoms in total. The van der Waals surface area contributed by atoms with Crippen LogP contribution in [0.5, 0.6) is 11.5 Å². The van der Waals surface area contributed by atoms with E-state index in [1.807, 2.05) is 6.07 Å². The minimum absolute atomic E-state index is 0.150. The van der Waals surface area contributed by atoms with Gasteiger partial charge in [-0.05, 0) is 25.1 Å². The highest BCUT2D eigenvalue weighted by atomic mass is 32.1. The normalized spacial score (nSPS) is 10.7. The van der Waals surface area contributed by atoms with Crippen LogP contribution in [0.2, 0.25) is 0 Å². The quantitative estimate of drug-likeness (QED) is 0.464. The van der Waals surface area contributed by atoms with E-state index in [0.29, 0.717) is 22.1 Å². The Hall–Kier alpha value is -3.31. The zero-order valence-corrected chi connectivity index (χ0v) is 16.1. The number of amides is 1. The van der Waals surface area contributed by atoms with Crippen molar-refractivity contribution >= 4 is 34.3 Å². The number of methoxy groups -OCH3 is 3. The first kappa shape index (κ1) is 20.0. The Morgan fingerprint density at radius 3 is 2.56 bits per heavy atom. The van der Waals surface area contributed by atoms with E-state index in [2.05, 4.69) is 5.32 Å². The number of hydrogen-bond donors (Lipinski definition) is 1. The zero-order chi connectivity index (χ0) is 20.0. The van der Waals surface area contributed by atoms with Crippen LogP contribution in [0.25, 0.3) is 6.08 Å². The molecule has 1 aromatic heterocycles. The number of esters is 1. The minimum atomic E-state index is -0.644. The molecule has 1 N–H and O–H groups in total. The van der Waals surface area contributed by atoms with Crippen LogP contribution < -0.4 is 14.8 Å². The van der Waals surface area contributed by atoms with Gasteiger partial charge in [0.25, 0.3) is 5.91 Å². The van der Waals surface area contributed by atoms with Gasteiger partial charge < -0.3 is 19.5 Å². The summed E-state index contributed by atoms with van der Waals surface area (Å²) >= 11 is 1.22. The number of hydrogen-bond acceptors (Lipinski definition) is 7. The monoisotopic (exact) mass is 386 g/mol. The van der Waals surface area contributed by atoms with E-state index in [1.165, 1.54) is 38.7 Å². The summed E-state index contributed by atoms with van der Waals surface area (Å²) in [6, 6.07) is 8.61. The minimum Gasteiger partial charge on any atom is -0.493 e. The molecule has 0 saturated heterocycles. The van der Waals surface area contributed by atoms with Gasteiger partial charge in [0.1, 0.15) is 16.6 Å². The van der Waals surface area contributed by atoms with Gasteiger partial charge in [0, 0.05) is 10.4 Å². The molecule has 0 unspecified atom stereocenters. The molecule has 0 atom stereocenters. The number of ether oxygens (including phenoxy) is 3. The maximum absolute atomic E-state index is 12.6. The van der Waals surface area contributed by atoms with Gasteiger partial charge in [0.05, 0.1) is 26.9 Å². The lowest BCUT2D eigenvalue weighted by atomic mass is 10.1. The molecule has 0 aliphatic heterocycles. The number of carbonyl (C=O) groups excluding carboxylic acids is 2. The second kappa shape index (κ2) is 8.87. The fourth-order valence-electron chi connectivity index (χ4n) is 2.37. The Kier molecular flexibility index (Phi) is 6.57. The highest BCUT2D eigenvalue weighted by molar-refractivity contribution is 7.16. The number of nitriles is 1. The Morgan fingerprint density at radius 2 is 1.96 bits per heavy atom. The van der Waals surface area contributed by atoms with Crippen LogP contribution in [-0.2, 0) is 9.53 Å². The summed E-state index contributed by atoms with van der Waals surface area (Å²) < 4.78 is 15.2. The first-order valence-electron chi connectivity index (χ1n) is 7.78. The van der Waals surface area contributed by atoms with Crippen molar-refractivity contribution in [3.05, 3.63) is 45.8 Å². The van der Waals surface area contributed by atoms with Gasteiger partial charge in [0.2, 0.25) is 0 Å². The van der Waals surface area contributed by atoms with Gasteiger partial charge in [-0.25, -0.2) is 4.79 Å². The van der Waals surface area contributed by atoms with E-state index in [4.69, 9.17) is 14.2 Å². The third kappa shape index (κ3) is 4.46. The first-order valence-corrected chi connectivity index (χ1v) is 8.59. The van der Waals surface area contributed by atoms with Crippen LogP contribution in [0.3, 0.4) is 0 Å². The van der Waals surface area contributed by atoms with Crippen molar-refractivity contribution in [3.63, 3.8) is 0 Å². The molecule has 2 aromatic rings. The summed E-state index contributed by atoms with van der Waals surface area (Å²) in [5, 5.41) is 12.3. The maximum atomic E-state index is 12.6. The number of nitrogens with zero attached hydrogens (tertiary/aromatic N) is 1. The molecule has 140 valence electrons. The van der Waals surface area contributed by atoms with Crippen molar-refractivity contribution < 1.29 is 23.8 Å². The van der Waals surface area contributed by atoms with E-state index >= 15 is 0 Å². The van der Waals surface area contributed by atoms with Gasteiger partial charge in [0.15, 0.2) is 11.5 Å². The van der Waals surface area contributed by atoms with Crippen molar-refractivity contribution in [1.29, 1.82) is 5.26 Å². The molecular weight excluding hydrogens is 368 g/mol. The summed E-state index contributed by atoms with van der Waals surface area (Å²) in [4.78, 5) is 25.2. The zero-order valence-electron chi connectivity index (χ0n) is 15.3. The van der Waals surface area contributed by atoms with Crippen LogP contribution in [0, 0.1) is 18.3 Å². The number of carbonyl (C=O) groups is 2. The Labute approximate surface area is 160 Å². The maximum Gasteiger partial charge on any atom is 0.340 e. The summed E-state index contributed by atoms with van der Waals surface area (Å²) in [5.74, 6) is -0.324. The second-order valence-corrected chi connectivity index (χ2v) is 6.55. The standard InChI is InChI=1S/C19H18N2O5S/c1-11-8-14(19(23)26-4)18(27-11)21-17(22)13(10-20)9-12-6-5-7-15(24-2)16(12)25-3/h5-9H,1-4H3,(H,21,22)/b13-9+. The Balaban J connectivity index is 2.37. The lowest BCUT2D eigenvalue weighted by Gasteiger charge is -2.10. The van der Waals surface area contributed by atoms with Gasteiger partial charge in [-0.2, -0.15) is 5.26 Å². The fourth-order valence-corrected chi connectivity index (χ4v) is 3.26. The summed E-state index contributed by atoms with van der Waals surface area (Å²) in [7, 11) is 4.23. The number of anilines is 1. The second-order valence-electron chi connectivity index (χ2n) is 5.30. The molecule has 1 amide bonds. The van der Waals surface area contributed by atoms with Crippen LogP contribution in [0.15, 0.2) is 29.8 Å². The van der Waals surface area contributed by atoms with E-state index in [9.17, 15) is 14.9 Å². The van der Waals surface area contributed by atoms with Gasteiger partial charge in [-0.1, -0.05) is 12.1 Å². The molecule has 0 saturated carbocycles. The largest absolute Gasteiger partial charge is 0.493 e. The number of aryl methyl sites for hydroxylation is 1. The highest BCUT2D eigenvalue weighted by Gasteiger charge is 2.19. The highest BCUT2D eigenvalue weighted by Crippen LogP contribution is 2.33. The lowest BCUT2D eigenvalue weighted by molar-refractivity contribution is -0.112. The summed E-state index contributed by atoms with van der Waals surface area (Å²) in [6.07, 6.45) is 1.40. The number of nitrogens with one attached hydrogen (secondary N) is 1. The van der Waals surface area contributed by atoms with Crippen LogP contribution in [0.4, 0.5) is 5.00 Å². The van der Waals surface area contributed by atoms with Crippen molar-refractivity contribution in [2.45, 2.75) is 6.92 Å². The number of rotatable bonds is 6. The van der Waals surface area contributed by atoms with Crippen molar-refractivity contribution in [3.8, 4) is 17.6 Å². The van der Waals surface area contributed by atoms with Crippen molar-refractivity contribution in [2.24, 2.45) is 0 Å². The molecule has 0 spiro atoms. The Morgan fingerprint density at radius 1 is 1.22 bits per heavy atom. The molecule has 1 heterocycles. The van der Waals surface area contributed by atoms with Crippen LogP contribution in [0.1, 0.15) is 20.8 Å². The van der Waals surface area contributed by atoms with Gasteiger partial charge >= 0.3 is 5.97 Å². The third-order valence-corrected chi connectivity index (χ3v) is 4.55. The van der Waals surface area contributed by atoms with Crippen molar-refractivity contribution in [2.75, 3.05) is 26.6 Å². The molecule has 0 fully saturated rings. The SMILES string of the molecule is COC(=O)c1cc(C)sc1NC(=O)/C(C#N)=C/c1cccc(OC)c1OC. The first-order chi connectivity index (χ1) is 12.9. The molecule has 0 aliphatic carbocycles. The molecule has 8 heteroatoms. The lowest BCUT2D eigenvalue weighted by Crippen LogP contribution is -2.15. The van der Waals surface area contributed by atoms with Crippen LogP contribution >= 0.6 is 11.3 Å². The summed E-state index contributed by atoms with van der Waals surface area (Å²) in [5.41, 5.74) is 0.604. The molecule has 27 heavy (non-hydrogen) atoms. The van der Waals surface area contributed by atoms with Gasteiger partial charge in [-0.15, -0.1) is 11.3 Å². The molecule has 2 rings (SSSR count). The number of thiophene rings is 1.